The molecule has 2 aromatic rings. The predicted octanol–water partition coefficient (Wildman–Crippen LogP) is 2.91. The average Bonchev–Trinajstić information content (AvgIpc) is 3.00. The molecule has 7 heteroatoms. The number of anilines is 2. The van der Waals surface area contributed by atoms with Crippen molar-refractivity contribution in [1.29, 1.82) is 0 Å². The van der Waals surface area contributed by atoms with E-state index in [2.05, 4.69) is 10.3 Å². The highest BCUT2D eigenvalue weighted by molar-refractivity contribution is 5.91. The first-order valence-electron chi connectivity index (χ1n) is 8.72. The maximum atomic E-state index is 12.4. The number of fused-ring (bicyclic) bond motifs is 1. The van der Waals surface area contributed by atoms with Gasteiger partial charge in [0.05, 0.1) is 6.10 Å². The molecule has 2 N–H and O–H groups in total. The van der Waals surface area contributed by atoms with Crippen LogP contribution < -0.4 is 10.2 Å². The molecule has 2 unspecified atom stereocenters. The van der Waals surface area contributed by atoms with Gasteiger partial charge in [-0.3, -0.25) is 0 Å². The molecule has 0 aliphatic heterocycles. The lowest BCUT2D eigenvalue weighted by Crippen LogP contribution is -2.40. The summed E-state index contributed by atoms with van der Waals surface area (Å²) in [6.07, 6.45) is 3.68. The molecular formula is C18H26N4O3. The summed E-state index contributed by atoms with van der Waals surface area (Å²) in [6.45, 7) is 0.560. The van der Waals surface area contributed by atoms with Crippen LogP contribution in [0, 0.1) is 5.92 Å². The molecule has 0 saturated heterocycles. The smallest absolute Gasteiger partial charge is 0.321 e. The molecule has 1 heterocycles. The number of hydrogen-bond acceptors (Lipinski definition) is 5. The molecule has 25 heavy (non-hydrogen) atoms. The Morgan fingerprint density at radius 3 is 2.80 bits per heavy atom. The minimum atomic E-state index is -0.306. The van der Waals surface area contributed by atoms with Crippen LogP contribution in [-0.2, 0) is 0 Å². The molecule has 1 aromatic heterocycles. The van der Waals surface area contributed by atoms with Crippen molar-refractivity contribution in [2.24, 2.45) is 5.92 Å². The Hall–Kier alpha value is -2.28. The Morgan fingerprint density at radius 1 is 1.32 bits per heavy atom. The number of urea groups is 1. The Kier molecular flexibility index (Phi) is 5.13. The van der Waals surface area contributed by atoms with Crippen molar-refractivity contribution in [1.82, 2.24) is 9.88 Å². The van der Waals surface area contributed by atoms with Crippen LogP contribution in [0.4, 0.5) is 16.5 Å². The third-order valence-electron chi connectivity index (χ3n) is 4.73. The van der Waals surface area contributed by atoms with Crippen LogP contribution in [0.1, 0.15) is 25.7 Å². The second-order valence-corrected chi connectivity index (χ2v) is 7.00. The number of carbonyl (C=O) groups is 1. The van der Waals surface area contributed by atoms with E-state index in [0.717, 1.165) is 25.7 Å². The van der Waals surface area contributed by atoms with Gasteiger partial charge in [-0.25, -0.2) is 4.79 Å². The highest BCUT2D eigenvalue weighted by Gasteiger charge is 2.25. The zero-order chi connectivity index (χ0) is 18.0. The molecule has 1 aliphatic carbocycles. The fourth-order valence-corrected chi connectivity index (χ4v) is 3.24. The second kappa shape index (κ2) is 7.31. The molecule has 0 spiro atoms. The number of hydrogen-bond donors (Lipinski definition) is 2. The van der Waals surface area contributed by atoms with Crippen LogP contribution in [-0.4, -0.2) is 54.8 Å². The summed E-state index contributed by atoms with van der Waals surface area (Å²) in [7, 11) is 5.49. The van der Waals surface area contributed by atoms with Crippen molar-refractivity contribution in [2.45, 2.75) is 31.8 Å². The van der Waals surface area contributed by atoms with Crippen LogP contribution in [0.25, 0.3) is 11.1 Å². The summed E-state index contributed by atoms with van der Waals surface area (Å²) < 4.78 is 5.61. The predicted molar refractivity (Wildman–Crippen MR) is 97.9 cm³/mol. The Labute approximate surface area is 147 Å². The van der Waals surface area contributed by atoms with Gasteiger partial charge in [-0.05, 0) is 31.0 Å². The summed E-state index contributed by atoms with van der Waals surface area (Å²) in [4.78, 5) is 20.2. The van der Waals surface area contributed by atoms with Crippen molar-refractivity contribution >= 4 is 28.8 Å². The number of benzene rings is 1. The van der Waals surface area contributed by atoms with E-state index in [1.54, 1.807) is 35.0 Å². The molecule has 2 amide bonds. The largest absolute Gasteiger partial charge is 0.423 e. The number of aliphatic hydroxyl groups excluding tert-OH is 1. The fourth-order valence-electron chi connectivity index (χ4n) is 3.24. The molecule has 1 saturated carbocycles. The van der Waals surface area contributed by atoms with Gasteiger partial charge >= 0.3 is 6.03 Å². The van der Waals surface area contributed by atoms with E-state index in [1.165, 1.54) is 0 Å². The van der Waals surface area contributed by atoms with Gasteiger partial charge in [0.1, 0.15) is 5.52 Å². The fraction of sp³-hybridized carbons (Fsp3) is 0.556. The van der Waals surface area contributed by atoms with Gasteiger partial charge in [0.25, 0.3) is 6.01 Å². The number of nitrogens with one attached hydrogen (secondary N) is 1. The van der Waals surface area contributed by atoms with Crippen molar-refractivity contribution in [2.75, 3.05) is 37.9 Å². The van der Waals surface area contributed by atoms with E-state index in [9.17, 15) is 9.90 Å². The second-order valence-electron chi connectivity index (χ2n) is 7.00. The van der Waals surface area contributed by atoms with Gasteiger partial charge in [0.15, 0.2) is 5.58 Å². The minimum absolute atomic E-state index is 0.158. The first-order valence-corrected chi connectivity index (χ1v) is 8.72. The van der Waals surface area contributed by atoms with Crippen molar-refractivity contribution in [3.63, 3.8) is 0 Å². The molecule has 0 bridgehead atoms. The summed E-state index contributed by atoms with van der Waals surface area (Å²) in [6, 6.07) is 5.74. The number of amides is 2. The van der Waals surface area contributed by atoms with Gasteiger partial charge in [0, 0.05) is 39.3 Å². The highest BCUT2D eigenvalue weighted by Crippen LogP contribution is 2.26. The summed E-state index contributed by atoms with van der Waals surface area (Å²) in [5.41, 5.74) is 2.05. The number of oxazole rings is 1. The van der Waals surface area contributed by atoms with Crippen LogP contribution in [0.15, 0.2) is 22.6 Å². The molecule has 2 atom stereocenters. The normalized spacial score (nSPS) is 20.5. The Morgan fingerprint density at radius 2 is 2.08 bits per heavy atom. The van der Waals surface area contributed by atoms with Crippen LogP contribution in [0.5, 0.6) is 0 Å². The van der Waals surface area contributed by atoms with Crippen LogP contribution in [0.3, 0.4) is 0 Å². The van der Waals surface area contributed by atoms with E-state index in [1.807, 2.05) is 14.1 Å². The van der Waals surface area contributed by atoms with Crippen LogP contribution >= 0.6 is 0 Å². The monoisotopic (exact) mass is 346 g/mol. The van der Waals surface area contributed by atoms with E-state index in [4.69, 9.17) is 4.42 Å². The van der Waals surface area contributed by atoms with Gasteiger partial charge < -0.3 is 24.6 Å². The highest BCUT2D eigenvalue weighted by atomic mass is 16.4. The molecule has 1 fully saturated rings. The number of carbonyl (C=O) groups excluding carboxylic acids is 1. The molecule has 1 aromatic carbocycles. The number of nitrogens with zero attached hydrogens (tertiary/aromatic N) is 3. The van der Waals surface area contributed by atoms with Crippen molar-refractivity contribution in [3.8, 4) is 0 Å². The zero-order valence-corrected chi connectivity index (χ0v) is 15.0. The van der Waals surface area contributed by atoms with Gasteiger partial charge in [-0.1, -0.05) is 12.8 Å². The van der Waals surface area contributed by atoms with E-state index in [-0.39, 0.29) is 18.1 Å². The van der Waals surface area contributed by atoms with Gasteiger partial charge in [-0.15, -0.1) is 0 Å². The van der Waals surface area contributed by atoms with Crippen molar-refractivity contribution in [3.05, 3.63) is 18.2 Å². The quantitative estimate of drug-likeness (QED) is 0.889. The summed E-state index contributed by atoms with van der Waals surface area (Å²) in [5, 5.41) is 13.0. The lowest BCUT2D eigenvalue weighted by Gasteiger charge is -2.31. The Balaban J connectivity index is 1.64. The maximum absolute atomic E-state index is 12.4. The summed E-state index contributed by atoms with van der Waals surface area (Å²) in [5.74, 6) is 0.158. The van der Waals surface area contributed by atoms with E-state index >= 15 is 0 Å². The maximum Gasteiger partial charge on any atom is 0.321 e. The lowest BCUT2D eigenvalue weighted by atomic mass is 9.86. The minimum Gasteiger partial charge on any atom is -0.423 e. The van der Waals surface area contributed by atoms with E-state index in [0.29, 0.717) is 29.3 Å². The number of aliphatic hydroxyl groups is 1. The molecule has 0 radical (unpaired) electrons. The first-order chi connectivity index (χ1) is 11.9. The molecule has 136 valence electrons. The first kappa shape index (κ1) is 17.5. The number of rotatable bonds is 4. The lowest BCUT2D eigenvalue weighted by molar-refractivity contribution is 0.0575. The third kappa shape index (κ3) is 4.04. The van der Waals surface area contributed by atoms with E-state index < -0.39 is 0 Å². The molecule has 7 nitrogen and oxygen atoms in total. The summed E-state index contributed by atoms with van der Waals surface area (Å²) >= 11 is 0. The molecule has 3 rings (SSSR count). The van der Waals surface area contributed by atoms with Gasteiger partial charge in [0.2, 0.25) is 0 Å². The topological polar surface area (TPSA) is 81.8 Å². The zero-order valence-electron chi connectivity index (χ0n) is 15.0. The standard InChI is InChI=1S/C18H26N4O3/c1-21(2)18-20-14-10-13(8-9-16(14)25-18)19-17(24)22(3)11-12-6-4-5-7-15(12)23/h8-10,12,15,23H,4-7,11H2,1-3H3,(H,19,24). The van der Waals surface area contributed by atoms with Gasteiger partial charge in [-0.2, -0.15) is 4.98 Å². The average molecular weight is 346 g/mol. The third-order valence-corrected chi connectivity index (χ3v) is 4.73. The Bertz CT molecular complexity index is 743. The van der Waals surface area contributed by atoms with Crippen LogP contribution in [0.2, 0.25) is 0 Å². The molecular weight excluding hydrogens is 320 g/mol. The molecule has 1 aliphatic rings. The van der Waals surface area contributed by atoms with Crippen molar-refractivity contribution < 1.29 is 14.3 Å². The SMILES string of the molecule is CN(CC1CCCCC1O)C(=O)Nc1ccc2oc(N(C)C)nc2c1. The number of aromatic nitrogens is 1.